The molecule has 0 aromatic carbocycles. The largest absolute Gasteiger partial charge is 0.406 e. The first-order chi connectivity index (χ1) is 7.11. The third kappa shape index (κ3) is 4.07. The SMILES string of the molecule is CCC(=O)Oc1csc(N=CN(C)C)n1. The van der Waals surface area contributed by atoms with Gasteiger partial charge in [0.1, 0.15) is 0 Å². The number of esters is 1. The molecule has 0 aliphatic heterocycles. The molecule has 1 aromatic rings. The first-order valence-electron chi connectivity index (χ1n) is 4.48. The van der Waals surface area contributed by atoms with Crippen LogP contribution in [-0.2, 0) is 4.79 Å². The first kappa shape index (κ1) is 11.6. The second-order valence-corrected chi connectivity index (χ2v) is 3.84. The molecular weight excluding hydrogens is 214 g/mol. The summed E-state index contributed by atoms with van der Waals surface area (Å²) in [4.78, 5) is 20.9. The van der Waals surface area contributed by atoms with Crippen LogP contribution in [0, 0.1) is 0 Å². The quantitative estimate of drug-likeness (QED) is 0.446. The molecule has 1 aromatic heterocycles. The van der Waals surface area contributed by atoms with E-state index in [2.05, 4.69) is 9.98 Å². The van der Waals surface area contributed by atoms with Crippen LogP contribution in [0.15, 0.2) is 10.4 Å². The van der Waals surface area contributed by atoms with E-state index in [0.29, 0.717) is 17.4 Å². The fourth-order valence-electron chi connectivity index (χ4n) is 0.710. The Morgan fingerprint density at radius 2 is 2.47 bits per heavy atom. The number of hydrogen-bond acceptors (Lipinski definition) is 5. The van der Waals surface area contributed by atoms with Crippen molar-refractivity contribution < 1.29 is 9.53 Å². The van der Waals surface area contributed by atoms with E-state index in [1.165, 1.54) is 11.3 Å². The van der Waals surface area contributed by atoms with Gasteiger partial charge in [-0.1, -0.05) is 18.3 Å². The van der Waals surface area contributed by atoms with Crippen LogP contribution in [0.1, 0.15) is 13.3 Å². The van der Waals surface area contributed by atoms with Gasteiger partial charge in [-0.05, 0) is 0 Å². The van der Waals surface area contributed by atoms with E-state index < -0.39 is 0 Å². The van der Waals surface area contributed by atoms with Crippen LogP contribution in [0.2, 0.25) is 0 Å². The van der Waals surface area contributed by atoms with Gasteiger partial charge in [0.2, 0.25) is 11.0 Å². The van der Waals surface area contributed by atoms with E-state index >= 15 is 0 Å². The van der Waals surface area contributed by atoms with E-state index in [1.807, 2.05) is 14.1 Å². The summed E-state index contributed by atoms with van der Waals surface area (Å²) in [6.07, 6.45) is 1.98. The Bertz CT molecular complexity index is 360. The number of thiazole rings is 1. The highest BCUT2D eigenvalue weighted by Crippen LogP contribution is 2.23. The van der Waals surface area contributed by atoms with Gasteiger partial charge in [-0.15, -0.1) is 0 Å². The average Bonchev–Trinajstić information content (AvgIpc) is 2.62. The second-order valence-electron chi connectivity index (χ2n) is 3.00. The molecule has 0 N–H and O–H groups in total. The van der Waals surface area contributed by atoms with Gasteiger partial charge in [0, 0.05) is 20.5 Å². The van der Waals surface area contributed by atoms with Crippen molar-refractivity contribution >= 4 is 28.8 Å². The Morgan fingerprint density at radius 1 is 1.73 bits per heavy atom. The molecule has 0 saturated heterocycles. The molecule has 0 amide bonds. The second kappa shape index (κ2) is 5.45. The molecule has 1 heterocycles. The lowest BCUT2D eigenvalue weighted by atomic mass is 10.5. The maximum absolute atomic E-state index is 11.0. The third-order valence-electron chi connectivity index (χ3n) is 1.38. The van der Waals surface area contributed by atoms with Crippen molar-refractivity contribution in [1.29, 1.82) is 0 Å². The lowest BCUT2D eigenvalue weighted by Gasteiger charge is -1.99. The molecule has 0 spiro atoms. The maximum Gasteiger partial charge on any atom is 0.312 e. The van der Waals surface area contributed by atoms with Crippen molar-refractivity contribution in [2.45, 2.75) is 13.3 Å². The van der Waals surface area contributed by atoms with Gasteiger partial charge >= 0.3 is 5.97 Å². The predicted molar refractivity (Wildman–Crippen MR) is 59.9 cm³/mol. The normalized spacial score (nSPS) is 10.6. The van der Waals surface area contributed by atoms with Crippen LogP contribution >= 0.6 is 11.3 Å². The molecule has 1 rings (SSSR count). The summed E-state index contributed by atoms with van der Waals surface area (Å²) in [5, 5.41) is 2.23. The number of hydrogen-bond donors (Lipinski definition) is 0. The van der Waals surface area contributed by atoms with Gasteiger partial charge in [-0.25, -0.2) is 4.99 Å². The first-order valence-corrected chi connectivity index (χ1v) is 5.36. The third-order valence-corrected chi connectivity index (χ3v) is 2.10. The van der Waals surface area contributed by atoms with Gasteiger partial charge in [-0.3, -0.25) is 4.79 Å². The minimum Gasteiger partial charge on any atom is -0.406 e. The summed E-state index contributed by atoms with van der Waals surface area (Å²) in [5.74, 6) is 0.0289. The maximum atomic E-state index is 11.0. The molecule has 82 valence electrons. The number of aliphatic imine (C=N–C) groups is 1. The molecule has 0 aliphatic rings. The molecule has 0 bridgehead atoms. The lowest BCUT2D eigenvalue weighted by molar-refractivity contribution is -0.134. The van der Waals surface area contributed by atoms with Crippen molar-refractivity contribution in [2.24, 2.45) is 4.99 Å². The van der Waals surface area contributed by atoms with Gasteiger partial charge in [0.15, 0.2) is 0 Å². The summed E-state index contributed by atoms with van der Waals surface area (Å²) in [6.45, 7) is 1.74. The fourth-order valence-corrected chi connectivity index (χ4v) is 1.27. The topological polar surface area (TPSA) is 54.8 Å². The predicted octanol–water partition coefficient (Wildman–Crippen LogP) is 1.68. The molecule has 5 nitrogen and oxygen atoms in total. The van der Waals surface area contributed by atoms with Crippen LogP contribution in [0.4, 0.5) is 5.13 Å². The van der Waals surface area contributed by atoms with Crippen LogP contribution in [0.5, 0.6) is 5.88 Å². The fraction of sp³-hybridized carbons (Fsp3) is 0.444. The Kier molecular flexibility index (Phi) is 4.23. The molecule has 0 saturated carbocycles. The number of nitrogens with zero attached hydrogens (tertiary/aromatic N) is 3. The Balaban J connectivity index is 2.60. The van der Waals surface area contributed by atoms with Gasteiger partial charge in [0.05, 0.1) is 11.7 Å². The highest BCUT2D eigenvalue weighted by atomic mass is 32.1. The minimum absolute atomic E-state index is 0.288. The summed E-state index contributed by atoms with van der Waals surface area (Å²) >= 11 is 1.33. The van der Waals surface area contributed by atoms with Crippen LogP contribution < -0.4 is 4.74 Å². The Labute approximate surface area is 92.4 Å². The lowest BCUT2D eigenvalue weighted by Crippen LogP contribution is -2.07. The summed E-state index contributed by atoms with van der Waals surface area (Å²) in [7, 11) is 3.74. The van der Waals surface area contributed by atoms with Crippen molar-refractivity contribution in [2.75, 3.05) is 14.1 Å². The molecule has 0 unspecified atom stereocenters. The monoisotopic (exact) mass is 227 g/mol. The van der Waals surface area contributed by atoms with Crippen molar-refractivity contribution in [3.8, 4) is 5.88 Å². The van der Waals surface area contributed by atoms with Crippen LogP contribution in [0.3, 0.4) is 0 Å². The van der Waals surface area contributed by atoms with E-state index in [-0.39, 0.29) is 5.97 Å². The molecule has 0 fully saturated rings. The van der Waals surface area contributed by atoms with E-state index in [9.17, 15) is 4.79 Å². The zero-order valence-electron chi connectivity index (χ0n) is 8.93. The van der Waals surface area contributed by atoms with Crippen molar-refractivity contribution in [3.63, 3.8) is 0 Å². The Hall–Kier alpha value is -1.43. The van der Waals surface area contributed by atoms with E-state index in [0.717, 1.165) is 0 Å². The summed E-state index contributed by atoms with van der Waals surface area (Å²) in [5.41, 5.74) is 0. The van der Waals surface area contributed by atoms with Crippen molar-refractivity contribution in [3.05, 3.63) is 5.38 Å². The van der Waals surface area contributed by atoms with Gasteiger partial charge < -0.3 is 9.64 Å². The highest BCUT2D eigenvalue weighted by molar-refractivity contribution is 7.13. The zero-order chi connectivity index (χ0) is 11.3. The standard InChI is InChI=1S/C9H13N3O2S/c1-4-8(13)14-7-5-15-9(11-7)10-6-12(2)3/h5-6H,4H2,1-3H3. The average molecular weight is 227 g/mol. The number of rotatable bonds is 4. The van der Waals surface area contributed by atoms with E-state index in [4.69, 9.17) is 4.74 Å². The smallest absolute Gasteiger partial charge is 0.312 e. The summed E-state index contributed by atoms with van der Waals surface area (Å²) < 4.78 is 4.92. The molecule has 0 radical (unpaired) electrons. The molecule has 15 heavy (non-hydrogen) atoms. The van der Waals surface area contributed by atoms with Crippen LogP contribution in [-0.4, -0.2) is 36.3 Å². The molecule has 6 heteroatoms. The Morgan fingerprint density at radius 3 is 3.07 bits per heavy atom. The number of ether oxygens (including phenoxy) is 1. The van der Waals surface area contributed by atoms with Crippen molar-refractivity contribution in [1.82, 2.24) is 9.88 Å². The van der Waals surface area contributed by atoms with Crippen LogP contribution in [0.25, 0.3) is 0 Å². The highest BCUT2D eigenvalue weighted by Gasteiger charge is 2.05. The molecule has 0 aliphatic carbocycles. The number of carbonyl (C=O) groups is 1. The minimum atomic E-state index is -0.288. The molecule has 0 atom stereocenters. The van der Waals surface area contributed by atoms with E-state index in [1.54, 1.807) is 23.5 Å². The molecular formula is C9H13N3O2S. The number of aromatic nitrogens is 1. The van der Waals surface area contributed by atoms with Gasteiger partial charge in [-0.2, -0.15) is 4.98 Å². The zero-order valence-corrected chi connectivity index (χ0v) is 9.74. The number of carbonyl (C=O) groups excluding carboxylic acids is 1. The van der Waals surface area contributed by atoms with Gasteiger partial charge in [0.25, 0.3) is 0 Å². The summed E-state index contributed by atoms with van der Waals surface area (Å²) in [6, 6.07) is 0.